The highest BCUT2D eigenvalue weighted by molar-refractivity contribution is 7.15. The Balaban J connectivity index is 0.000000162. The summed E-state index contributed by atoms with van der Waals surface area (Å²) in [5.41, 5.74) is 6.14. The maximum Gasteiger partial charge on any atom is 0.347 e. The predicted octanol–water partition coefficient (Wildman–Crippen LogP) is 9.41. The number of carboxylic acids is 2. The number of hydrogen-bond donors (Lipinski definition) is 2. The molecule has 2 atom stereocenters. The molecule has 11 nitrogen and oxygen atoms in total. The first-order valence-electron chi connectivity index (χ1n) is 16.5. The largest absolute Gasteiger partial charge is 0.485 e. The zero-order valence-electron chi connectivity index (χ0n) is 28.1. The molecule has 52 heavy (non-hydrogen) atoms. The summed E-state index contributed by atoms with van der Waals surface area (Å²) in [6.07, 6.45) is 8.46. The van der Waals surface area contributed by atoms with Crippen LogP contribution in [0.3, 0.4) is 0 Å². The van der Waals surface area contributed by atoms with Gasteiger partial charge in [0.25, 0.3) is 10.4 Å². The monoisotopic (exact) mass is 735 g/mol. The predicted molar refractivity (Wildman–Crippen MR) is 195 cm³/mol. The van der Waals surface area contributed by atoms with E-state index in [4.69, 9.17) is 29.2 Å². The number of fused-ring (bicyclic) bond motifs is 2. The van der Waals surface area contributed by atoms with E-state index in [1.54, 1.807) is 19.2 Å². The van der Waals surface area contributed by atoms with Gasteiger partial charge in [0.1, 0.15) is 45.0 Å². The van der Waals surface area contributed by atoms with Gasteiger partial charge in [-0.1, -0.05) is 53.0 Å². The molecule has 2 unspecified atom stereocenters. The number of benzene rings is 3. The number of aryl methyl sites for hydroxylation is 4. The Bertz CT molecular complexity index is 2240. The van der Waals surface area contributed by atoms with Crippen molar-refractivity contribution in [3.05, 3.63) is 135 Å². The Morgan fingerprint density at radius 2 is 1.44 bits per heavy atom. The molecular formula is C39H33N3O8S2. The Morgan fingerprint density at radius 1 is 0.769 bits per heavy atom. The van der Waals surface area contributed by atoms with Crippen molar-refractivity contribution in [1.82, 2.24) is 15.0 Å². The summed E-state index contributed by atoms with van der Waals surface area (Å²) in [6, 6.07) is 23.5. The fourth-order valence-electron chi connectivity index (χ4n) is 6.04. The number of pyridine rings is 1. The number of ether oxygens (including phenoxy) is 4. The highest BCUT2D eigenvalue weighted by Gasteiger charge is 2.24. The molecule has 13 heteroatoms. The van der Waals surface area contributed by atoms with E-state index < -0.39 is 11.9 Å². The van der Waals surface area contributed by atoms with E-state index in [1.165, 1.54) is 17.3 Å². The summed E-state index contributed by atoms with van der Waals surface area (Å²) in [4.78, 5) is 34.7. The molecule has 0 amide bonds. The second-order valence-corrected chi connectivity index (χ2v) is 14.1. The summed E-state index contributed by atoms with van der Waals surface area (Å²) in [5.74, 6) is 0.959. The van der Waals surface area contributed by atoms with Gasteiger partial charge in [0.15, 0.2) is 0 Å². The van der Waals surface area contributed by atoms with E-state index in [0.29, 0.717) is 27.6 Å². The smallest absolute Gasteiger partial charge is 0.347 e. The Morgan fingerprint density at radius 3 is 2.06 bits per heavy atom. The Hall–Kier alpha value is -5.79. The molecule has 2 aliphatic rings. The zero-order valence-corrected chi connectivity index (χ0v) is 29.8. The topological polar surface area (TPSA) is 150 Å². The molecule has 2 N–H and O–H groups in total. The van der Waals surface area contributed by atoms with Crippen LogP contribution in [0.5, 0.6) is 33.4 Å². The number of aromatic carboxylic acids is 2. The van der Waals surface area contributed by atoms with Crippen molar-refractivity contribution in [3.63, 3.8) is 0 Å². The van der Waals surface area contributed by atoms with Gasteiger partial charge in [-0.25, -0.2) is 19.6 Å². The lowest BCUT2D eigenvalue weighted by molar-refractivity contribution is 0.0690. The second-order valence-electron chi connectivity index (χ2n) is 12.2. The fraction of sp³-hybridized carbons (Fsp3) is 0.205. The van der Waals surface area contributed by atoms with Gasteiger partial charge in [-0.2, -0.15) is 0 Å². The number of carboxylic acid groups (broad SMARTS) is 2. The third kappa shape index (κ3) is 7.90. The lowest BCUT2D eigenvalue weighted by Gasteiger charge is -2.27. The van der Waals surface area contributed by atoms with Crippen molar-refractivity contribution in [2.75, 3.05) is 0 Å². The highest BCUT2D eigenvalue weighted by atomic mass is 32.1. The lowest BCUT2D eigenvalue weighted by atomic mass is 9.95. The van der Waals surface area contributed by atoms with Crippen LogP contribution in [0.15, 0.2) is 91.4 Å². The molecule has 0 bridgehead atoms. The molecule has 0 spiro atoms. The standard InChI is InChI=1S/C21H19NO4S.C18H14N2O4S/c1-12-5-3-4-6-16(12)18-9-7-14-11-15(8-10-17(14)26-18)25-21-22-13(2)19(27-21)20(23)24;21-17(22)16-10-20-18(25-16)23-13-4-6-14-11(8-13)3-5-15(24-14)12-2-1-7-19-9-12/h3-6,8,10-11,18H,7,9H2,1-2H3,(H,23,24);1-2,4,6-10,15H,3,5H2,(H,21,22). The van der Waals surface area contributed by atoms with Gasteiger partial charge in [0.05, 0.1) is 11.9 Å². The van der Waals surface area contributed by atoms with Gasteiger partial charge in [0.2, 0.25) is 0 Å². The minimum absolute atomic E-state index is 0.00468. The summed E-state index contributed by atoms with van der Waals surface area (Å²) < 4.78 is 23.7. The van der Waals surface area contributed by atoms with Crippen LogP contribution in [0.4, 0.5) is 0 Å². The molecule has 0 aliphatic carbocycles. The first-order valence-corrected chi connectivity index (χ1v) is 18.1. The third-order valence-corrected chi connectivity index (χ3v) is 10.5. The van der Waals surface area contributed by atoms with Crippen LogP contribution in [-0.2, 0) is 12.8 Å². The molecule has 3 aromatic carbocycles. The van der Waals surface area contributed by atoms with Gasteiger partial charge >= 0.3 is 11.9 Å². The van der Waals surface area contributed by atoms with Crippen molar-refractivity contribution in [1.29, 1.82) is 0 Å². The maximum atomic E-state index is 11.1. The number of nitrogens with zero attached hydrogens (tertiary/aromatic N) is 3. The molecule has 0 saturated carbocycles. The zero-order chi connectivity index (χ0) is 36.2. The number of thiazole rings is 2. The van der Waals surface area contributed by atoms with Crippen molar-refractivity contribution in [2.45, 2.75) is 51.7 Å². The fourth-order valence-corrected chi connectivity index (χ4v) is 7.44. The summed E-state index contributed by atoms with van der Waals surface area (Å²) in [5, 5.41) is 18.7. The molecule has 0 radical (unpaired) electrons. The van der Waals surface area contributed by atoms with Gasteiger partial charge < -0.3 is 29.2 Å². The van der Waals surface area contributed by atoms with Crippen LogP contribution >= 0.6 is 22.7 Å². The Kier molecular flexibility index (Phi) is 10.1. The number of carbonyl (C=O) groups is 2. The summed E-state index contributed by atoms with van der Waals surface area (Å²) in [7, 11) is 0. The van der Waals surface area contributed by atoms with Gasteiger partial charge in [-0.15, -0.1) is 0 Å². The first kappa shape index (κ1) is 34.6. The molecule has 0 fully saturated rings. The van der Waals surface area contributed by atoms with Crippen LogP contribution < -0.4 is 18.9 Å². The van der Waals surface area contributed by atoms with Crippen LogP contribution in [-0.4, -0.2) is 37.1 Å². The van der Waals surface area contributed by atoms with E-state index in [2.05, 4.69) is 34.0 Å². The molecule has 5 heterocycles. The maximum absolute atomic E-state index is 11.1. The molecule has 264 valence electrons. The van der Waals surface area contributed by atoms with Crippen molar-refractivity contribution >= 4 is 34.6 Å². The van der Waals surface area contributed by atoms with E-state index >= 15 is 0 Å². The van der Waals surface area contributed by atoms with Crippen LogP contribution in [0.2, 0.25) is 0 Å². The van der Waals surface area contributed by atoms with Crippen LogP contribution in [0, 0.1) is 13.8 Å². The van der Waals surface area contributed by atoms with Crippen molar-refractivity contribution < 1.29 is 38.7 Å². The molecular weight excluding hydrogens is 703 g/mol. The molecule has 8 rings (SSSR count). The SMILES string of the molecule is Cc1ccccc1C1CCc2cc(Oc3nc(C)c(C(=O)O)s3)ccc2O1.O=C(O)c1cnc(Oc2ccc3c(c2)CCC(c2cccnc2)O3)s1. The lowest BCUT2D eigenvalue weighted by Crippen LogP contribution is -2.16. The highest BCUT2D eigenvalue weighted by Crippen LogP contribution is 2.40. The van der Waals surface area contributed by atoms with Crippen LogP contribution in [0.25, 0.3) is 0 Å². The van der Waals surface area contributed by atoms with Crippen molar-refractivity contribution in [2.24, 2.45) is 0 Å². The average Bonchev–Trinajstić information content (AvgIpc) is 3.78. The van der Waals surface area contributed by atoms with Gasteiger partial charge in [0, 0.05) is 18.0 Å². The van der Waals surface area contributed by atoms with Gasteiger partial charge in [-0.05, 0) is 104 Å². The average molecular weight is 736 g/mol. The van der Waals surface area contributed by atoms with Gasteiger partial charge in [-0.3, -0.25) is 4.98 Å². The molecule has 3 aromatic heterocycles. The van der Waals surface area contributed by atoms with Crippen molar-refractivity contribution in [3.8, 4) is 33.4 Å². The first-order chi connectivity index (χ1) is 25.2. The minimum atomic E-state index is -1.01. The van der Waals surface area contributed by atoms with E-state index in [9.17, 15) is 9.59 Å². The molecule has 2 aliphatic heterocycles. The Labute approximate surface area is 307 Å². The number of rotatable bonds is 8. The number of hydrogen-bond acceptors (Lipinski definition) is 11. The van der Waals surface area contributed by atoms with E-state index in [1.807, 2.05) is 60.8 Å². The molecule has 0 saturated heterocycles. The van der Waals surface area contributed by atoms with E-state index in [-0.39, 0.29) is 22.0 Å². The quantitative estimate of drug-likeness (QED) is 0.154. The minimum Gasteiger partial charge on any atom is -0.485 e. The number of aromatic nitrogens is 3. The van der Waals surface area contributed by atoms with E-state index in [0.717, 1.165) is 76.5 Å². The summed E-state index contributed by atoms with van der Waals surface area (Å²) in [6.45, 7) is 3.77. The summed E-state index contributed by atoms with van der Waals surface area (Å²) >= 11 is 2.03. The molecule has 6 aromatic rings. The normalized spacial score (nSPS) is 15.8. The van der Waals surface area contributed by atoms with Crippen LogP contribution in [0.1, 0.15) is 77.9 Å². The second kappa shape index (κ2) is 15.2. The third-order valence-electron chi connectivity index (χ3n) is 8.62.